The van der Waals surface area contributed by atoms with Gasteiger partial charge in [0.1, 0.15) is 5.69 Å². The minimum Gasteiger partial charge on any atom is -0.361 e. The van der Waals surface area contributed by atoms with Gasteiger partial charge in [-0.15, -0.1) is 0 Å². The minimum atomic E-state index is -0.164. The molecular weight excluding hydrogens is 428 g/mol. The molecule has 142 valence electrons. The molecule has 1 aliphatic rings. The summed E-state index contributed by atoms with van der Waals surface area (Å²) in [5.41, 5.74) is 1.29. The van der Waals surface area contributed by atoms with Crippen molar-refractivity contribution in [3.8, 4) is 0 Å². The summed E-state index contributed by atoms with van der Waals surface area (Å²) in [6, 6.07) is 12.4. The quantitative estimate of drug-likeness (QED) is 0.739. The fourth-order valence-electron chi connectivity index (χ4n) is 2.88. The highest BCUT2D eigenvalue weighted by atomic mass is 35.5. The average molecular weight is 445 g/mol. The summed E-state index contributed by atoms with van der Waals surface area (Å²) in [5, 5.41) is 4.70. The number of carbonyl (C=O) groups is 1. The van der Waals surface area contributed by atoms with Crippen LogP contribution in [0.3, 0.4) is 0 Å². The van der Waals surface area contributed by atoms with E-state index in [-0.39, 0.29) is 5.91 Å². The molecule has 1 heterocycles. The van der Waals surface area contributed by atoms with Crippen LogP contribution >= 0.6 is 46.4 Å². The summed E-state index contributed by atoms with van der Waals surface area (Å²) in [7, 11) is 0. The van der Waals surface area contributed by atoms with E-state index >= 15 is 0 Å². The highest BCUT2D eigenvalue weighted by molar-refractivity contribution is 6.43. The topological polar surface area (TPSA) is 35.6 Å². The smallest absolute Gasteiger partial charge is 0.251 e. The molecule has 8 heteroatoms. The molecule has 4 nitrogen and oxygen atoms in total. The zero-order valence-electron chi connectivity index (χ0n) is 14.4. The maximum atomic E-state index is 12.2. The lowest BCUT2D eigenvalue weighted by Gasteiger charge is -2.35. The van der Waals surface area contributed by atoms with Crippen LogP contribution in [0.2, 0.25) is 20.1 Å². The summed E-state index contributed by atoms with van der Waals surface area (Å²) in [4.78, 5) is 16.6. The molecule has 3 rings (SSSR count). The van der Waals surface area contributed by atoms with Crippen molar-refractivity contribution in [2.75, 3.05) is 44.2 Å². The number of hydrogen-bond donors (Lipinski definition) is 1. The molecule has 1 amide bonds. The molecule has 0 saturated carbocycles. The predicted molar refractivity (Wildman–Crippen MR) is 112 cm³/mol. The molecular formula is C19H17Cl4N3O. The molecule has 0 aromatic heterocycles. The van der Waals surface area contributed by atoms with E-state index in [1.165, 1.54) is 0 Å². The first kappa shape index (κ1) is 20.4. The van der Waals surface area contributed by atoms with Crippen LogP contribution in [0, 0.1) is 12.1 Å². The molecule has 0 bridgehead atoms. The van der Waals surface area contributed by atoms with Crippen LogP contribution in [0.25, 0.3) is 0 Å². The number of amides is 1. The summed E-state index contributed by atoms with van der Waals surface area (Å²) in [5.74, 6) is -0.164. The van der Waals surface area contributed by atoms with E-state index in [0.29, 0.717) is 32.2 Å². The van der Waals surface area contributed by atoms with E-state index in [4.69, 9.17) is 46.4 Å². The number of hydrogen-bond acceptors (Lipinski definition) is 3. The Hall–Kier alpha value is -1.35. The third kappa shape index (κ3) is 5.13. The van der Waals surface area contributed by atoms with Gasteiger partial charge >= 0.3 is 0 Å². The lowest BCUT2D eigenvalue weighted by Crippen LogP contribution is -2.48. The number of anilines is 1. The van der Waals surface area contributed by atoms with Crippen LogP contribution < -0.4 is 10.2 Å². The summed E-state index contributed by atoms with van der Waals surface area (Å²) in [6.45, 7) is 4.66. The lowest BCUT2D eigenvalue weighted by molar-refractivity contribution is 0.0948. The van der Waals surface area contributed by atoms with Crippen molar-refractivity contribution < 1.29 is 4.79 Å². The SMILES string of the molecule is O=C(NCCN1CCN(c2c#ccc(Cl)c2Cl)CC1)c1ccc(Cl)c(Cl)c1. The zero-order chi connectivity index (χ0) is 19.4. The van der Waals surface area contributed by atoms with Gasteiger partial charge in [-0.2, -0.15) is 0 Å². The number of piperazine rings is 1. The van der Waals surface area contributed by atoms with Crippen molar-refractivity contribution in [1.29, 1.82) is 0 Å². The standard InChI is InChI=1S/C19H17Cl4N3O/c20-14-5-4-13(12-16(14)22)19(27)24-6-7-25-8-10-26(11-9-25)17-3-1-2-15(21)18(17)23/h2,4-5,12H,6-11H2,(H,24,27). The second-order valence-electron chi connectivity index (χ2n) is 6.14. The fraction of sp³-hybridized carbons (Fsp3) is 0.316. The second kappa shape index (κ2) is 9.23. The van der Waals surface area contributed by atoms with Gasteiger partial charge in [0.05, 0.1) is 20.1 Å². The van der Waals surface area contributed by atoms with Crippen LogP contribution in [-0.2, 0) is 0 Å². The lowest BCUT2D eigenvalue weighted by atomic mass is 10.2. The average Bonchev–Trinajstić information content (AvgIpc) is 2.67. The van der Waals surface area contributed by atoms with Gasteiger partial charge in [-0.3, -0.25) is 9.69 Å². The number of carbonyl (C=O) groups excluding carboxylic acids is 1. The summed E-state index contributed by atoms with van der Waals surface area (Å²) >= 11 is 24.1. The van der Waals surface area contributed by atoms with Gasteiger partial charge in [-0.25, -0.2) is 0 Å². The molecule has 1 N–H and O–H groups in total. The highest BCUT2D eigenvalue weighted by Crippen LogP contribution is 2.30. The number of rotatable bonds is 5. The molecule has 27 heavy (non-hydrogen) atoms. The fourth-order valence-corrected chi connectivity index (χ4v) is 3.54. The number of nitrogens with zero attached hydrogens (tertiary/aromatic N) is 2. The second-order valence-corrected chi connectivity index (χ2v) is 7.74. The van der Waals surface area contributed by atoms with Crippen molar-refractivity contribution in [1.82, 2.24) is 10.2 Å². The van der Waals surface area contributed by atoms with Crippen molar-refractivity contribution in [3.05, 3.63) is 62.1 Å². The zero-order valence-corrected chi connectivity index (χ0v) is 17.4. The third-order valence-corrected chi connectivity index (χ3v) is 5.91. The van der Waals surface area contributed by atoms with E-state index in [9.17, 15) is 4.79 Å². The predicted octanol–water partition coefficient (Wildman–Crippen LogP) is 4.45. The largest absolute Gasteiger partial charge is 0.361 e. The minimum absolute atomic E-state index is 0.164. The maximum absolute atomic E-state index is 12.2. The van der Waals surface area contributed by atoms with Gasteiger partial charge in [-0.1, -0.05) is 52.5 Å². The van der Waals surface area contributed by atoms with Gasteiger partial charge in [0.2, 0.25) is 0 Å². The molecule has 0 spiro atoms. The Morgan fingerprint density at radius 1 is 1.04 bits per heavy atom. The number of halogens is 4. The number of nitrogens with one attached hydrogen (secondary N) is 1. The Bertz CT molecular complexity index is 823. The van der Waals surface area contributed by atoms with Gasteiger partial charge in [0.25, 0.3) is 5.91 Å². The molecule has 1 fully saturated rings. The van der Waals surface area contributed by atoms with E-state index in [1.54, 1.807) is 24.3 Å². The summed E-state index contributed by atoms with van der Waals surface area (Å²) in [6.07, 6.45) is 0. The third-order valence-electron chi connectivity index (χ3n) is 4.39. The first-order chi connectivity index (χ1) is 13.0. The molecule has 0 unspecified atom stereocenters. The molecule has 0 atom stereocenters. The van der Waals surface area contributed by atoms with Gasteiger partial charge in [0.15, 0.2) is 0 Å². The van der Waals surface area contributed by atoms with Crippen molar-refractivity contribution in [2.45, 2.75) is 0 Å². The van der Waals surface area contributed by atoms with Gasteiger partial charge in [0, 0.05) is 50.9 Å². The Morgan fingerprint density at radius 2 is 1.78 bits per heavy atom. The van der Waals surface area contributed by atoms with Crippen LogP contribution in [0.5, 0.6) is 0 Å². The van der Waals surface area contributed by atoms with Crippen molar-refractivity contribution in [2.24, 2.45) is 0 Å². The first-order valence-corrected chi connectivity index (χ1v) is 9.95. The Labute approximate surface area is 178 Å². The molecule has 2 aromatic rings. The van der Waals surface area contributed by atoms with Crippen molar-refractivity contribution >= 4 is 58.0 Å². The Morgan fingerprint density at radius 3 is 2.48 bits per heavy atom. The Kier molecular flexibility index (Phi) is 6.97. The molecule has 2 aromatic carbocycles. The number of benzene rings is 1. The van der Waals surface area contributed by atoms with Crippen LogP contribution in [-0.4, -0.2) is 50.1 Å². The van der Waals surface area contributed by atoms with E-state index < -0.39 is 0 Å². The van der Waals surface area contributed by atoms with Crippen LogP contribution in [0.15, 0.2) is 24.3 Å². The van der Waals surface area contributed by atoms with Crippen molar-refractivity contribution in [3.63, 3.8) is 0 Å². The first-order valence-electron chi connectivity index (χ1n) is 8.43. The molecule has 0 radical (unpaired) electrons. The molecule has 0 aliphatic carbocycles. The monoisotopic (exact) mass is 443 g/mol. The van der Waals surface area contributed by atoms with Gasteiger partial charge < -0.3 is 10.2 Å². The normalized spacial score (nSPS) is 14.7. The highest BCUT2D eigenvalue weighted by Gasteiger charge is 2.20. The van der Waals surface area contributed by atoms with Crippen LogP contribution in [0.4, 0.5) is 5.69 Å². The maximum Gasteiger partial charge on any atom is 0.251 e. The van der Waals surface area contributed by atoms with E-state index in [0.717, 1.165) is 38.4 Å². The summed E-state index contributed by atoms with van der Waals surface area (Å²) < 4.78 is 0. The van der Waals surface area contributed by atoms with Crippen LogP contribution in [0.1, 0.15) is 10.4 Å². The van der Waals surface area contributed by atoms with E-state index in [2.05, 4.69) is 27.2 Å². The van der Waals surface area contributed by atoms with E-state index in [1.807, 2.05) is 0 Å². The molecule has 1 saturated heterocycles. The van der Waals surface area contributed by atoms with Gasteiger partial charge in [-0.05, 0) is 24.3 Å². The Balaban J connectivity index is 1.45. The molecule has 1 aliphatic heterocycles.